The highest BCUT2D eigenvalue weighted by atomic mass is 32.2. The number of nitrogens with zero attached hydrogens (tertiary/aromatic N) is 1. The van der Waals surface area contributed by atoms with Crippen LogP contribution in [-0.4, -0.2) is 59.7 Å². The maximum absolute atomic E-state index is 11.8. The highest BCUT2D eigenvalue weighted by molar-refractivity contribution is 7.99. The van der Waals surface area contributed by atoms with Crippen LogP contribution < -0.4 is 5.32 Å². The molecule has 1 aromatic rings. The van der Waals surface area contributed by atoms with E-state index in [2.05, 4.69) is 29.6 Å². The summed E-state index contributed by atoms with van der Waals surface area (Å²) in [7, 11) is 0. The summed E-state index contributed by atoms with van der Waals surface area (Å²) >= 11 is 1.68. The Morgan fingerprint density at radius 2 is 1.80 bits per heavy atom. The van der Waals surface area contributed by atoms with Gasteiger partial charge in [-0.3, -0.25) is 0 Å². The molecule has 0 saturated heterocycles. The first-order chi connectivity index (χ1) is 9.67. The molecule has 5 nitrogen and oxygen atoms in total. The summed E-state index contributed by atoms with van der Waals surface area (Å²) in [6, 6.07) is 7.99. The van der Waals surface area contributed by atoms with E-state index >= 15 is 0 Å². The Morgan fingerprint density at radius 1 is 1.20 bits per heavy atom. The first-order valence-corrected chi connectivity index (χ1v) is 7.60. The Kier molecular flexibility index (Phi) is 8.10. The molecular weight excluding hydrogens is 276 g/mol. The van der Waals surface area contributed by atoms with E-state index < -0.39 is 0 Å². The number of hydrogen-bond donors (Lipinski definition) is 3. The van der Waals surface area contributed by atoms with E-state index in [4.69, 9.17) is 10.2 Å². The zero-order chi connectivity index (χ0) is 14.8. The summed E-state index contributed by atoms with van der Waals surface area (Å²) in [5, 5.41) is 20.5. The van der Waals surface area contributed by atoms with Gasteiger partial charge in [0.15, 0.2) is 0 Å². The van der Waals surface area contributed by atoms with Crippen LogP contribution in [0.3, 0.4) is 0 Å². The predicted molar refractivity (Wildman–Crippen MR) is 81.0 cm³/mol. The summed E-state index contributed by atoms with van der Waals surface area (Å²) < 4.78 is 0. The third-order valence-corrected chi connectivity index (χ3v) is 3.71. The Labute approximate surface area is 124 Å². The predicted octanol–water partition coefficient (Wildman–Crippen LogP) is 1.08. The molecule has 0 aliphatic rings. The van der Waals surface area contributed by atoms with Crippen molar-refractivity contribution in [2.45, 2.75) is 11.8 Å². The zero-order valence-corrected chi connectivity index (χ0v) is 12.5. The molecule has 0 aromatic heterocycles. The molecule has 0 unspecified atom stereocenters. The third kappa shape index (κ3) is 6.27. The van der Waals surface area contributed by atoms with Gasteiger partial charge in [0.05, 0.1) is 13.2 Å². The lowest BCUT2D eigenvalue weighted by atomic mass is 10.2. The highest BCUT2D eigenvalue weighted by Crippen LogP contribution is 2.17. The summed E-state index contributed by atoms with van der Waals surface area (Å²) in [6.07, 6.45) is 0. The Balaban J connectivity index is 2.25. The molecular formula is C14H22N2O3S. The number of rotatable bonds is 8. The SMILES string of the molecule is Cc1ccc(SCCNC(=O)N(CCO)CCO)cc1. The van der Waals surface area contributed by atoms with Gasteiger partial charge in [0.25, 0.3) is 0 Å². The third-order valence-electron chi connectivity index (χ3n) is 2.70. The van der Waals surface area contributed by atoms with Crippen LogP contribution in [0.5, 0.6) is 0 Å². The second-order valence-corrected chi connectivity index (χ2v) is 5.50. The van der Waals surface area contributed by atoms with Gasteiger partial charge in [-0.05, 0) is 19.1 Å². The topological polar surface area (TPSA) is 72.8 Å². The van der Waals surface area contributed by atoms with Crippen LogP contribution in [0.15, 0.2) is 29.2 Å². The van der Waals surface area contributed by atoms with E-state index in [1.54, 1.807) is 11.8 Å². The lowest BCUT2D eigenvalue weighted by Gasteiger charge is -2.20. The van der Waals surface area contributed by atoms with Crippen molar-refractivity contribution in [2.24, 2.45) is 0 Å². The van der Waals surface area contributed by atoms with Gasteiger partial charge in [-0.25, -0.2) is 4.79 Å². The molecule has 0 bridgehead atoms. The average molecular weight is 298 g/mol. The fourth-order valence-electron chi connectivity index (χ4n) is 1.63. The number of aliphatic hydroxyl groups excluding tert-OH is 2. The summed E-state index contributed by atoms with van der Waals surface area (Å²) in [4.78, 5) is 14.3. The lowest BCUT2D eigenvalue weighted by Crippen LogP contribution is -2.43. The second-order valence-electron chi connectivity index (χ2n) is 4.33. The van der Waals surface area contributed by atoms with E-state index in [-0.39, 0.29) is 32.3 Å². The quantitative estimate of drug-likeness (QED) is 0.496. The fourth-order valence-corrected chi connectivity index (χ4v) is 2.40. The standard InChI is InChI=1S/C14H22N2O3S/c1-12-2-4-13(5-3-12)20-11-6-15-14(19)16(7-9-17)8-10-18/h2-5,17-18H,6-11H2,1H3,(H,15,19). The van der Waals surface area contributed by atoms with Crippen molar-refractivity contribution in [3.05, 3.63) is 29.8 Å². The molecule has 0 spiro atoms. The van der Waals surface area contributed by atoms with Crippen LogP contribution in [0.25, 0.3) is 0 Å². The maximum Gasteiger partial charge on any atom is 0.317 e. The number of benzene rings is 1. The van der Waals surface area contributed by atoms with Gasteiger partial charge in [-0.1, -0.05) is 17.7 Å². The molecule has 0 aliphatic carbocycles. The first-order valence-electron chi connectivity index (χ1n) is 6.61. The molecule has 0 aliphatic heterocycles. The van der Waals surface area contributed by atoms with E-state index in [1.165, 1.54) is 15.4 Å². The van der Waals surface area contributed by atoms with E-state index in [0.717, 1.165) is 5.75 Å². The van der Waals surface area contributed by atoms with Gasteiger partial charge >= 0.3 is 6.03 Å². The second kappa shape index (κ2) is 9.63. The fraction of sp³-hybridized carbons (Fsp3) is 0.500. The zero-order valence-electron chi connectivity index (χ0n) is 11.7. The highest BCUT2D eigenvalue weighted by Gasteiger charge is 2.10. The Morgan fingerprint density at radius 3 is 2.35 bits per heavy atom. The molecule has 2 amide bonds. The van der Waals surface area contributed by atoms with Gasteiger partial charge in [0, 0.05) is 30.3 Å². The van der Waals surface area contributed by atoms with Gasteiger partial charge < -0.3 is 20.4 Å². The largest absolute Gasteiger partial charge is 0.395 e. The molecule has 0 saturated carbocycles. The van der Waals surface area contributed by atoms with Crippen molar-refractivity contribution in [1.82, 2.24) is 10.2 Å². The minimum absolute atomic E-state index is 0.106. The number of aliphatic hydroxyl groups is 2. The molecule has 1 aromatic carbocycles. The number of amides is 2. The van der Waals surface area contributed by atoms with Crippen LogP contribution in [0, 0.1) is 6.92 Å². The van der Waals surface area contributed by atoms with Crippen molar-refractivity contribution in [3.63, 3.8) is 0 Å². The van der Waals surface area contributed by atoms with Crippen LogP contribution in [0.4, 0.5) is 4.79 Å². The first kappa shape index (κ1) is 16.8. The molecule has 20 heavy (non-hydrogen) atoms. The smallest absolute Gasteiger partial charge is 0.317 e. The van der Waals surface area contributed by atoms with E-state index in [9.17, 15) is 4.79 Å². The molecule has 6 heteroatoms. The molecule has 0 radical (unpaired) electrons. The molecule has 1 rings (SSSR count). The van der Waals surface area contributed by atoms with Crippen molar-refractivity contribution in [1.29, 1.82) is 0 Å². The number of urea groups is 1. The van der Waals surface area contributed by atoms with Crippen LogP contribution in [-0.2, 0) is 0 Å². The van der Waals surface area contributed by atoms with Crippen molar-refractivity contribution < 1.29 is 15.0 Å². The number of carbonyl (C=O) groups is 1. The molecule has 3 N–H and O–H groups in total. The number of nitrogens with one attached hydrogen (secondary N) is 1. The van der Waals surface area contributed by atoms with Gasteiger partial charge in [0.2, 0.25) is 0 Å². The van der Waals surface area contributed by atoms with Gasteiger partial charge in [-0.15, -0.1) is 11.8 Å². The minimum atomic E-state index is -0.252. The van der Waals surface area contributed by atoms with Crippen molar-refractivity contribution in [2.75, 3.05) is 38.6 Å². The Hall–Kier alpha value is -1.24. The lowest BCUT2D eigenvalue weighted by molar-refractivity contribution is 0.159. The summed E-state index contributed by atoms with van der Waals surface area (Å²) in [5.74, 6) is 0.779. The van der Waals surface area contributed by atoms with Crippen LogP contribution >= 0.6 is 11.8 Å². The van der Waals surface area contributed by atoms with Gasteiger partial charge in [0.1, 0.15) is 0 Å². The maximum atomic E-state index is 11.8. The summed E-state index contributed by atoms with van der Waals surface area (Å²) in [5.41, 5.74) is 1.23. The number of thioether (sulfide) groups is 1. The normalized spacial score (nSPS) is 10.3. The average Bonchev–Trinajstić information content (AvgIpc) is 2.45. The van der Waals surface area contributed by atoms with Crippen molar-refractivity contribution >= 4 is 17.8 Å². The monoisotopic (exact) mass is 298 g/mol. The Bertz CT molecular complexity index is 392. The molecule has 112 valence electrons. The van der Waals surface area contributed by atoms with Crippen LogP contribution in [0.1, 0.15) is 5.56 Å². The van der Waals surface area contributed by atoms with Crippen LogP contribution in [0.2, 0.25) is 0 Å². The number of hydrogen-bond acceptors (Lipinski definition) is 4. The molecule has 0 atom stereocenters. The molecule has 0 fully saturated rings. The van der Waals surface area contributed by atoms with Crippen molar-refractivity contribution in [3.8, 4) is 0 Å². The van der Waals surface area contributed by atoms with Gasteiger partial charge in [-0.2, -0.15) is 0 Å². The molecule has 0 heterocycles. The van der Waals surface area contributed by atoms with E-state index in [0.29, 0.717) is 6.54 Å². The number of carbonyl (C=O) groups excluding carboxylic acids is 1. The van der Waals surface area contributed by atoms with E-state index in [1.807, 2.05) is 6.92 Å². The number of aryl methyl sites for hydroxylation is 1. The summed E-state index contributed by atoms with van der Waals surface area (Å²) in [6.45, 7) is 2.85. The minimum Gasteiger partial charge on any atom is -0.395 e.